The van der Waals surface area contributed by atoms with Crippen LogP contribution in [0.4, 0.5) is 0 Å². The number of rotatable bonds is 3. The summed E-state index contributed by atoms with van der Waals surface area (Å²) in [5, 5.41) is 1.86. The van der Waals surface area contributed by atoms with Gasteiger partial charge in [-0.15, -0.1) is 0 Å². The van der Waals surface area contributed by atoms with Crippen molar-refractivity contribution in [1.29, 1.82) is 0 Å². The Morgan fingerprint density at radius 1 is 0.889 bits per heavy atom. The first-order valence-corrected chi connectivity index (χ1v) is 8.73. The highest BCUT2D eigenvalue weighted by Crippen LogP contribution is 2.31. The maximum atomic E-state index is 8.78. The highest BCUT2D eigenvalue weighted by molar-refractivity contribution is 6.05. The first-order valence-electron chi connectivity index (χ1n) is 11.2. The topological polar surface area (TPSA) is 26.0 Å². The molecule has 0 atom stereocenters. The molecule has 0 spiro atoms. The molecule has 0 N–H and O–H groups in total. The average molecular weight is 354 g/mol. The van der Waals surface area contributed by atoms with Crippen LogP contribution in [0.1, 0.15) is 23.5 Å². The molecule has 0 radical (unpaired) electrons. The smallest absolute Gasteiger partial charge is 0.153 e. The number of pyridine rings is 1. The van der Waals surface area contributed by atoms with Crippen LogP contribution in [-0.2, 0) is 6.37 Å². The third kappa shape index (κ3) is 2.89. The normalized spacial score (nSPS) is 15.0. The Balaban J connectivity index is 1.71. The van der Waals surface area contributed by atoms with Crippen LogP contribution < -0.4 is 0 Å². The van der Waals surface area contributed by atoms with E-state index in [1.807, 2.05) is 30.3 Å². The van der Waals surface area contributed by atoms with Gasteiger partial charge in [-0.3, -0.25) is 4.98 Å². The van der Waals surface area contributed by atoms with E-state index in [2.05, 4.69) is 4.98 Å². The Hall–Kier alpha value is -3.39. The molecule has 2 heteroatoms. The summed E-state index contributed by atoms with van der Waals surface area (Å²) in [4.78, 5) is 4.50. The molecule has 0 saturated carbocycles. The lowest BCUT2D eigenvalue weighted by Crippen LogP contribution is -1.93. The van der Waals surface area contributed by atoms with Crippen molar-refractivity contribution >= 4 is 21.9 Å². The highest BCUT2D eigenvalue weighted by Gasteiger charge is 2.10. The van der Waals surface area contributed by atoms with Crippen molar-refractivity contribution in [2.24, 2.45) is 0 Å². The number of aromatic nitrogens is 1. The van der Waals surface area contributed by atoms with E-state index in [9.17, 15) is 0 Å². The fraction of sp³-hybridized carbons (Fsp3) is 0.0800. The monoisotopic (exact) mass is 354 g/mol. The van der Waals surface area contributed by atoms with E-state index >= 15 is 0 Å². The molecule has 0 saturated heterocycles. The van der Waals surface area contributed by atoms with Crippen LogP contribution in [0.2, 0.25) is 0 Å². The second-order valence-electron chi connectivity index (χ2n) is 6.42. The van der Waals surface area contributed by atoms with E-state index in [-0.39, 0.29) is 11.1 Å². The van der Waals surface area contributed by atoms with Crippen LogP contribution in [0, 0.1) is 6.85 Å². The van der Waals surface area contributed by atoms with E-state index in [1.54, 1.807) is 48.7 Å². The first-order chi connectivity index (χ1) is 15.2. The molecule has 0 amide bonds. The van der Waals surface area contributed by atoms with Gasteiger partial charge in [-0.05, 0) is 48.1 Å². The standard InChI is InChI=1S/C25H19NO/c1-17-11-12-19(14-20(17)13-18-7-3-2-4-8-18)23-15-22-21-9-5-6-10-24(21)27-25(22)16-26-23/h2-12,14-16H,13H2,1H3/i1D3,13D2. The summed E-state index contributed by atoms with van der Waals surface area (Å²) in [6.07, 6.45) is -0.346. The molecule has 5 aromatic rings. The molecule has 0 bridgehead atoms. The summed E-state index contributed by atoms with van der Waals surface area (Å²) in [7, 11) is 0. The number of para-hydroxylation sites is 1. The third-order valence-corrected chi connectivity index (χ3v) is 4.63. The van der Waals surface area contributed by atoms with Gasteiger partial charge in [0.2, 0.25) is 0 Å². The fourth-order valence-corrected chi connectivity index (χ4v) is 3.27. The van der Waals surface area contributed by atoms with Crippen molar-refractivity contribution in [3.8, 4) is 11.3 Å². The molecule has 2 aromatic heterocycles. The lowest BCUT2D eigenvalue weighted by atomic mass is 9.97. The van der Waals surface area contributed by atoms with E-state index in [4.69, 9.17) is 11.3 Å². The molecule has 130 valence electrons. The van der Waals surface area contributed by atoms with Gasteiger partial charge in [0.1, 0.15) is 5.58 Å². The molecule has 0 aliphatic rings. The van der Waals surface area contributed by atoms with Gasteiger partial charge < -0.3 is 4.42 Å². The van der Waals surface area contributed by atoms with E-state index in [0.717, 1.165) is 16.4 Å². The second-order valence-corrected chi connectivity index (χ2v) is 6.42. The maximum absolute atomic E-state index is 8.78. The Morgan fingerprint density at radius 2 is 1.74 bits per heavy atom. The van der Waals surface area contributed by atoms with Crippen LogP contribution >= 0.6 is 0 Å². The summed E-state index contributed by atoms with van der Waals surface area (Å²) in [6.45, 7) is -2.45. The van der Waals surface area contributed by atoms with Crippen molar-refractivity contribution in [3.05, 3.63) is 102 Å². The molecule has 0 aliphatic heterocycles. The molecular weight excluding hydrogens is 330 g/mol. The predicted octanol–water partition coefficient (Wildman–Crippen LogP) is 6.55. The zero-order valence-electron chi connectivity index (χ0n) is 19.4. The molecule has 5 rings (SSSR count). The minimum Gasteiger partial charge on any atom is -0.454 e. The van der Waals surface area contributed by atoms with Crippen molar-refractivity contribution in [1.82, 2.24) is 4.98 Å². The molecule has 0 aliphatic carbocycles. The first kappa shape index (κ1) is 11.3. The lowest BCUT2D eigenvalue weighted by molar-refractivity contribution is 0.667. The Bertz CT molecular complexity index is 1440. The van der Waals surface area contributed by atoms with Gasteiger partial charge in [0, 0.05) is 23.2 Å². The minimum atomic E-state index is -2.45. The summed E-state index contributed by atoms with van der Waals surface area (Å²) in [6, 6.07) is 23.0. The van der Waals surface area contributed by atoms with E-state index in [0.29, 0.717) is 22.4 Å². The molecule has 2 heterocycles. The van der Waals surface area contributed by atoms with Gasteiger partial charge >= 0.3 is 0 Å². The molecule has 0 unspecified atom stereocenters. The molecular formula is C25H19NO. The van der Waals surface area contributed by atoms with E-state index < -0.39 is 13.2 Å². The predicted molar refractivity (Wildman–Crippen MR) is 111 cm³/mol. The van der Waals surface area contributed by atoms with Crippen LogP contribution in [-0.4, -0.2) is 4.98 Å². The summed E-state index contributed by atoms with van der Waals surface area (Å²) in [5.41, 5.74) is 3.18. The number of nitrogens with zero attached hydrogens (tertiary/aromatic N) is 1. The van der Waals surface area contributed by atoms with Crippen molar-refractivity contribution in [3.63, 3.8) is 0 Å². The SMILES string of the molecule is [2H]C([2H])([2H])c1ccc(-c2cc3c(cn2)oc2ccccc23)cc1C([2H])([2H])c1ccccc1. The number of hydrogen-bond donors (Lipinski definition) is 0. The third-order valence-electron chi connectivity index (χ3n) is 4.63. The zero-order valence-corrected chi connectivity index (χ0v) is 14.4. The molecule has 0 fully saturated rings. The summed E-state index contributed by atoms with van der Waals surface area (Å²) >= 11 is 0. The Kier molecular flexibility index (Phi) is 2.69. The quantitative estimate of drug-likeness (QED) is 0.367. The largest absolute Gasteiger partial charge is 0.454 e. The van der Waals surface area contributed by atoms with Crippen molar-refractivity contribution in [2.45, 2.75) is 13.2 Å². The van der Waals surface area contributed by atoms with Gasteiger partial charge in [-0.1, -0.05) is 60.7 Å². The lowest BCUT2D eigenvalue weighted by Gasteiger charge is -2.09. The number of furan rings is 1. The van der Waals surface area contributed by atoms with Crippen molar-refractivity contribution < 1.29 is 11.3 Å². The second kappa shape index (κ2) is 6.40. The molecule has 3 aromatic carbocycles. The molecule has 27 heavy (non-hydrogen) atoms. The minimum absolute atomic E-state index is 0.00931. The van der Waals surface area contributed by atoms with Crippen LogP contribution in [0.5, 0.6) is 0 Å². The van der Waals surface area contributed by atoms with E-state index in [1.165, 1.54) is 6.07 Å². The Morgan fingerprint density at radius 3 is 2.63 bits per heavy atom. The zero-order chi connectivity index (χ0) is 22.5. The van der Waals surface area contributed by atoms with Crippen LogP contribution in [0.25, 0.3) is 33.2 Å². The fourth-order valence-electron chi connectivity index (χ4n) is 3.27. The van der Waals surface area contributed by atoms with Crippen LogP contribution in [0.15, 0.2) is 89.5 Å². The van der Waals surface area contributed by atoms with Crippen LogP contribution in [0.3, 0.4) is 0 Å². The average Bonchev–Trinajstić information content (AvgIpc) is 3.16. The number of hydrogen-bond acceptors (Lipinski definition) is 2. The van der Waals surface area contributed by atoms with Gasteiger partial charge in [0.05, 0.1) is 11.9 Å². The van der Waals surface area contributed by atoms with Gasteiger partial charge in [-0.2, -0.15) is 0 Å². The van der Waals surface area contributed by atoms with Gasteiger partial charge in [0.15, 0.2) is 5.58 Å². The summed E-state index contributed by atoms with van der Waals surface area (Å²) < 4.78 is 47.3. The van der Waals surface area contributed by atoms with Gasteiger partial charge in [0.25, 0.3) is 0 Å². The summed E-state index contributed by atoms with van der Waals surface area (Å²) in [5.74, 6) is 0. The van der Waals surface area contributed by atoms with Gasteiger partial charge in [-0.25, -0.2) is 0 Å². The number of fused-ring (bicyclic) bond motifs is 3. The Labute approximate surface area is 165 Å². The maximum Gasteiger partial charge on any atom is 0.153 e. The van der Waals surface area contributed by atoms with Crippen molar-refractivity contribution in [2.75, 3.05) is 0 Å². The highest BCUT2D eigenvalue weighted by atomic mass is 16.3. The number of benzene rings is 3. The molecule has 2 nitrogen and oxygen atoms in total. The number of aryl methyl sites for hydroxylation is 1.